The first-order valence-corrected chi connectivity index (χ1v) is 7.54. The molecule has 1 aliphatic rings. The Bertz CT molecular complexity index is 703. The minimum absolute atomic E-state index is 0.111. The van der Waals surface area contributed by atoms with Crippen LogP contribution in [0.2, 0.25) is 0 Å². The molecule has 0 aliphatic carbocycles. The minimum atomic E-state index is -0.552. The number of ether oxygens (including phenoxy) is 1. The molecule has 1 aromatic carbocycles. The van der Waals surface area contributed by atoms with Crippen molar-refractivity contribution in [2.75, 3.05) is 24.6 Å². The lowest BCUT2D eigenvalue weighted by Gasteiger charge is -2.39. The smallest absolute Gasteiger partial charge is 0.166 e. The summed E-state index contributed by atoms with van der Waals surface area (Å²) >= 11 is 0. The Morgan fingerprint density at radius 2 is 2.13 bits per heavy atom. The maximum absolute atomic E-state index is 14.3. The van der Waals surface area contributed by atoms with E-state index in [9.17, 15) is 8.78 Å². The van der Waals surface area contributed by atoms with Crippen molar-refractivity contribution in [1.29, 1.82) is 0 Å². The van der Waals surface area contributed by atoms with Crippen molar-refractivity contribution >= 4 is 5.82 Å². The highest BCUT2D eigenvalue weighted by Gasteiger charge is 2.30. The Morgan fingerprint density at radius 3 is 2.78 bits per heavy atom. The zero-order valence-electron chi connectivity index (χ0n) is 12.8. The van der Waals surface area contributed by atoms with Crippen LogP contribution in [0.3, 0.4) is 0 Å². The van der Waals surface area contributed by atoms with E-state index in [0.717, 1.165) is 0 Å². The van der Waals surface area contributed by atoms with E-state index in [1.54, 1.807) is 17.0 Å². The molecule has 2 heterocycles. The summed E-state index contributed by atoms with van der Waals surface area (Å²) in [5.74, 6) is -0.793. The second-order valence-electron chi connectivity index (χ2n) is 5.45. The summed E-state index contributed by atoms with van der Waals surface area (Å²) in [7, 11) is 0. The number of aromatic nitrogens is 1. The van der Waals surface area contributed by atoms with Crippen LogP contribution in [0, 0.1) is 11.6 Å². The third-order valence-electron chi connectivity index (χ3n) is 3.93. The van der Waals surface area contributed by atoms with Gasteiger partial charge in [-0.25, -0.2) is 13.8 Å². The quantitative estimate of drug-likeness (QED) is 0.920. The summed E-state index contributed by atoms with van der Waals surface area (Å²) in [5, 5.41) is 9.12. The Kier molecular flexibility index (Phi) is 4.54. The van der Waals surface area contributed by atoms with Crippen LogP contribution < -0.4 is 4.90 Å². The SMILES string of the molecule is CCOC1CN(c2ncc(-c3cccc(CO)c3F)cc2F)C1. The van der Waals surface area contributed by atoms with E-state index in [1.165, 1.54) is 18.3 Å². The first-order valence-electron chi connectivity index (χ1n) is 7.54. The monoisotopic (exact) mass is 320 g/mol. The van der Waals surface area contributed by atoms with Gasteiger partial charge in [0.05, 0.1) is 12.7 Å². The second kappa shape index (κ2) is 6.60. The summed E-state index contributed by atoms with van der Waals surface area (Å²) in [5.41, 5.74) is 0.750. The summed E-state index contributed by atoms with van der Waals surface area (Å²) in [6, 6.07) is 5.93. The van der Waals surface area contributed by atoms with Crippen LogP contribution in [0.15, 0.2) is 30.5 Å². The molecular weight excluding hydrogens is 302 g/mol. The molecule has 1 fully saturated rings. The standard InChI is InChI=1S/C17H18F2N2O2/c1-2-23-13-8-21(9-13)17-15(18)6-12(7-20-17)14-5-3-4-11(10-22)16(14)19/h3-7,13,22H,2,8-10H2,1H3. The van der Waals surface area contributed by atoms with E-state index >= 15 is 0 Å². The average molecular weight is 320 g/mol. The summed E-state index contributed by atoms with van der Waals surface area (Å²) in [4.78, 5) is 5.93. The number of aliphatic hydroxyl groups is 1. The highest BCUT2D eigenvalue weighted by atomic mass is 19.1. The highest BCUT2D eigenvalue weighted by Crippen LogP contribution is 2.29. The summed E-state index contributed by atoms with van der Waals surface area (Å²) in [6.45, 7) is 3.36. The van der Waals surface area contributed by atoms with Crippen LogP contribution in [-0.4, -0.2) is 35.9 Å². The fourth-order valence-electron chi connectivity index (χ4n) is 2.69. The van der Waals surface area contributed by atoms with Crippen LogP contribution in [0.1, 0.15) is 12.5 Å². The van der Waals surface area contributed by atoms with Crippen LogP contribution >= 0.6 is 0 Å². The van der Waals surface area contributed by atoms with Crippen molar-refractivity contribution in [3.8, 4) is 11.1 Å². The van der Waals surface area contributed by atoms with Crippen molar-refractivity contribution in [2.45, 2.75) is 19.6 Å². The molecule has 1 saturated heterocycles. The Balaban J connectivity index is 1.83. The molecule has 1 aliphatic heterocycles. The number of aliphatic hydroxyl groups excluding tert-OH is 1. The maximum Gasteiger partial charge on any atom is 0.166 e. The number of hydrogen-bond donors (Lipinski definition) is 1. The molecule has 1 aromatic heterocycles. The van der Waals surface area contributed by atoms with Crippen molar-refractivity contribution in [3.05, 3.63) is 47.7 Å². The third-order valence-corrected chi connectivity index (χ3v) is 3.93. The van der Waals surface area contributed by atoms with Gasteiger partial charge in [0.15, 0.2) is 11.6 Å². The molecule has 122 valence electrons. The predicted molar refractivity (Wildman–Crippen MR) is 83.1 cm³/mol. The van der Waals surface area contributed by atoms with Crippen molar-refractivity contribution < 1.29 is 18.6 Å². The molecule has 0 amide bonds. The largest absolute Gasteiger partial charge is 0.392 e. The lowest BCUT2D eigenvalue weighted by Crippen LogP contribution is -2.53. The topological polar surface area (TPSA) is 45.6 Å². The van der Waals surface area contributed by atoms with Crippen LogP contribution in [-0.2, 0) is 11.3 Å². The maximum atomic E-state index is 14.3. The Morgan fingerprint density at radius 1 is 1.35 bits per heavy atom. The molecule has 4 nitrogen and oxygen atoms in total. The van der Waals surface area contributed by atoms with Gasteiger partial charge in [0.2, 0.25) is 0 Å². The van der Waals surface area contributed by atoms with Crippen molar-refractivity contribution in [1.82, 2.24) is 4.98 Å². The van der Waals surface area contributed by atoms with E-state index in [-0.39, 0.29) is 23.0 Å². The normalized spacial score (nSPS) is 14.9. The van der Waals surface area contributed by atoms with Crippen molar-refractivity contribution in [2.24, 2.45) is 0 Å². The number of hydrogen-bond acceptors (Lipinski definition) is 4. The molecular formula is C17H18F2N2O2. The average Bonchev–Trinajstić information content (AvgIpc) is 2.51. The number of halogens is 2. The molecule has 0 spiro atoms. The molecule has 6 heteroatoms. The summed E-state index contributed by atoms with van der Waals surface area (Å²) in [6.07, 6.45) is 1.56. The van der Waals surface area contributed by atoms with Gasteiger partial charge < -0.3 is 14.7 Å². The lowest BCUT2D eigenvalue weighted by atomic mass is 10.0. The molecule has 23 heavy (non-hydrogen) atoms. The molecule has 0 unspecified atom stereocenters. The minimum Gasteiger partial charge on any atom is -0.392 e. The van der Waals surface area contributed by atoms with E-state index in [0.29, 0.717) is 25.3 Å². The van der Waals surface area contributed by atoms with Gasteiger partial charge in [-0.2, -0.15) is 0 Å². The Hall–Kier alpha value is -2.05. The first kappa shape index (κ1) is 15.8. The molecule has 1 N–H and O–H groups in total. The van der Waals surface area contributed by atoms with Gasteiger partial charge in [0, 0.05) is 42.6 Å². The molecule has 0 atom stereocenters. The van der Waals surface area contributed by atoms with Gasteiger partial charge in [-0.1, -0.05) is 18.2 Å². The molecule has 0 bridgehead atoms. The number of pyridine rings is 1. The predicted octanol–water partition coefficient (Wildman–Crippen LogP) is 2.74. The second-order valence-corrected chi connectivity index (χ2v) is 5.45. The zero-order valence-corrected chi connectivity index (χ0v) is 12.8. The first-order chi connectivity index (χ1) is 11.1. The third kappa shape index (κ3) is 3.04. The Labute approximate surface area is 133 Å². The van der Waals surface area contributed by atoms with Crippen LogP contribution in [0.4, 0.5) is 14.6 Å². The fraction of sp³-hybridized carbons (Fsp3) is 0.353. The van der Waals surface area contributed by atoms with E-state index < -0.39 is 18.2 Å². The van der Waals surface area contributed by atoms with Gasteiger partial charge in [-0.3, -0.25) is 0 Å². The number of nitrogens with zero attached hydrogens (tertiary/aromatic N) is 2. The molecule has 0 saturated carbocycles. The number of rotatable bonds is 5. The lowest BCUT2D eigenvalue weighted by molar-refractivity contribution is 0.0424. The highest BCUT2D eigenvalue weighted by molar-refractivity contribution is 5.66. The molecule has 0 radical (unpaired) electrons. The van der Waals surface area contributed by atoms with Gasteiger partial charge in [0.25, 0.3) is 0 Å². The summed E-state index contributed by atoms with van der Waals surface area (Å²) < 4.78 is 34.0. The van der Waals surface area contributed by atoms with Gasteiger partial charge in [-0.15, -0.1) is 0 Å². The van der Waals surface area contributed by atoms with Crippen molar-refractivity contribution in [3.63, 3.8) is 0 Å². The molecule has 3 rings (SSSR count). The van der Waals surface area contributed by atoms with Crippen LogP contribution in [0.25, 0.3) is 11.1 Å². The van der Waals surface area contributed by atoms with E-state index in [1.807, 2.05) is 6.92 Å². The van der Waals surface area contributed by atoms with E-state index in [4.69, 9.17) is 9.84 Å². The number of anilines is 1. The molecule has 2 aromatic rings. The van der Waals surface area contributed by atoms with Gasteiger partial charge in [0.1, 0.15) is 5.82 Å². The number of benzene rings is 1. The fourth-order valence-corrected chi connectivity index (χ4v) is 2.69. The van der Waals surface area contributed by atoms with Crippen LogP contribution in [0.5, 0.6) is 0 Å². The zero-order chi connectivity index (χ0) is 16.4. The van der Waals surface area contributed by atoms with Gasteiger partial charge >= 0.3 is 0 Å². The van der Waals surface area contributed by atoms with E-state index in [2.05, 4.69) is 4.98 Å². The van der Waals surface area contributed by atoms with Gasteiger partial charge in [-0.05, 0) is 13.0 Å².